The molecule has 120 valence electrons. The van der Waals surface area contributed by atoms with Crippen LogP contribution < -0.4 is 5.32 Å². The highest BCUT2D eigenvalue weighted by atomic mass is 32.3. The molecule has 0 fully saturated rings. The molecule has 0 aliphatic heterocycles. The molecule has 0 heterocycles. The summed E-state index contributed by atoms with van der Waals surface area (Å²) in [6.07, 6.45) is 8.70. The Kier molecular flexibility index (Phi) is 11.7. The highest BCUT2D eigenvalue weighted by Gasteiger charge is 2.02. The first-order valence-corrected chi connectivity index (χ1v) is 8.70. The Hall–Kier alpha value is -0.660. The van der Waals surface area contributed by atoms with Crippen LogP contribution >= 0.6 is 0 Å². The topological polar surface area (TPSA) is 92.7 Å². The molecular weight excluding hydrogens is 282 g/mol. The van der Waals surface area contributed by atoms with Gasteiger partial charge in [-0.25, -0.2) is 4.18 Å². The number of nitrogens with one attached hydrogen (secondary N) is 1. The zero-order valence-electron chi connectivity index (χ0n) is 12.3. The van der Waals surface area contributed by atoms with Gasteiger partial charge in [-0.3, -0.25) is 9.35 Å². The quantitative estimate of drug-likeness (QED) is 0.403. The lowest BCUT2D eigenvalue weighted by atomic mass is 10.1. The van der Waals surface area contributed by atoms with Gasteiger partial charge in [-0.05, 0) is 12.8 Å². The first kappa shape index (κ1) is 19.3. The minimum atomic E-state index is -4.27. The molecule has 1 amide bonds. The number of carbonyl (C=O) groups excluding carboxylic acids is 1. The van der Waals surface area contributed by atoms with Gasteiger partial charge >= 0.3 is 10.4 Å². The molecule has 20 heavy (non-hydrogen) atoms. The lowest BCUT2D eigenvalue weighted by Gasteiger charge is -2.04. The molecule has 0 aliphatic rings. The van der Waals surface area contributed by atoms with E-state index in [1.807, 2.05) is 6.92 Å². The Morgan fingerprint density at radius 3 is 2.00 bits per heavy atom. The number of carbonyl (C=O) groups is 1. The summed E-state index contributed by atoms with van der Waals surface area (Å²) in [5.41, 5.74) is 0. The van der Waals surface area contributed by atoms with Crippen LogP contribution in [0, 0.1) is 0 Å². The Morgan fingerprint density at radius 1 is 1.00 bits per heavy atom. The summed E-state index contributed by atoms with van der Waals surface area (Å²) in [5.74, 6) is 0.108. The largest absolute Gasteiger partial charge is 0.397 e. The molecule has 2 N–H and O–H groups in total. The van der Waals surface area contributed by atoms with Gasteiger partial charge in [0.2, 0.25) is 5.91 Å². The van der Waals surface area contributed by atoms with Gasteiger partial charge < -0.3 is 5.32 Å². The van der Waals surface area contributed by atoms with Crippen LogP contribution in [0.15, 0.2) is 0 Å². The van der Waals surface area contributed by atoms with Crippen molar-refractivity contribution >= 4 is 16.3 Å². The van der Waals surface area contributed by atoms with Crippen molar-refractivity contribution in [3.05, 3.63) is 0 Å². The smallest absolute Gasteiger partial charge is 0.356 e. The van der Waals surface area contributed by atoms with E-state index in [2.05, 4.69) is 9.50 Å². The molecule has 0 rings (SSSR count). The summed E-state index contributed by atoms with van der Waals surface area (Å²) in [7, 11) is -4.27. The lowest BCUT2D eigenvalue weighted by molar-refractivity contribution is -0.120. The van der Waals surface area contributed by atoms with Crippen molar-refractivity contribution in [3.63, 3.8) is 0 Å². The van der Waals surface area contributed by atoms with Crippen molar-refractivity contribution < 1.29 is 21.9 Å². The third-order valence-corrected chi connectivity index (χ3v) is 3.41. The fourth-order valence-corrected chi connectivity index (χ4v) is 2.13. The van der Waals surface area contributed by atoms with Crippen molar-refractivity contribution in [1.29, 1.82) is 0 Å². The molecule has 6 nitrogen and oxygen atoms in total. The molecule has 0 aromatic carbocycles. The fourth-order valence-electron chi connectivity index (χ4n) is 1.80. The van der Waals surface area contributed by atoms with Crippen LogP contribution in [0.25, 0.3) is 0 Å². The molecule has 0 aliphatic carbocycles. The third kappa shape index (κ3) is 15.4. The van der Waals surface area contributed by atoms with Crippen LogP contribution in [0.3, 0.4) is 0 Å². The Balaban J connectivity index is 3.12. The van der Waals surface area contributed by atoms with Crippen LogP contribution in [-0.2, 0) is 19.4 Å². The second-order valence-electron chi connectivity index (χ2n) is 4.78. The summed E-state index contributed by atoms with van der Waals surface area (Å²) in [6, 6.07) is 0. The summed E-state index contributed by atoms with van der Waals surface area (Å²) in [5, 5.41) is 2.85. The lowest BCUT2D eigenvalue weighted by Crippen LogP contribution is -2.23. The predicted octanol–water partition coefficient (Wildman–Crippen LogP) is 2.45. The summed E-state index contributed by atoms with van der Waals surface area (Å²) in [6.45, 7) is 2.66. The molecule has 0 unspecified atom stereocenters. The first-order valence-electron chi connectivity index (χ1n) is 7.34. The number of unbranched alkanes of at least 4 members (excludes halogenated alkanes) is 7. The molecule has 0 atom stereocenters. The van der Waals surface area contributed by atoms with Gasteiger partial charge in [0.1, 0.15) is 0 Å². The van der Waals surface area contributed by atoms with Crippen molar-refractivity contribution in [1.82, 2.24) is 5.32 Å². The van der Waals surface area contributed by atoms with Gasteiger partial charge in [0.05, 0.1) is 6.61 Å². The molecule has 0 saturated carbocycles. The van der Waals surface area contributed by atoms with E-state index in [-0.39, 0.29) is 12.5 Å². The number of rotatable bonds is 13. The molecule has 0 aromatic heterocycles. The van der Waals surface area contributed by atoms with Crippen LogP contribution in [0.1, 0.15) is 64.7 Å². The Labute approximate surface area is 122 Å². The van der Waals surface area contributed by atoms with Gasteiger partial charge in [0.15, 0.2) is 0 Å². The van der Waals surface area contributed by atoms with E-state index in [4.69, 9.17) is 4.55 Å². The zero-order valence-corrected chi connectivity index (χ0v) is 13.1. The van der Waals surface area contributed by atoms with Crippen molar-refractivity contribution in [2.45, 2.75) is 64.7 Å². The third-order valence-electron chi connectivity index (χ3n) is 2.95. The van der Waals surface area contributed by atoms with Gasteiger partial charge in [0.25, 0.3) is 0 Å². The molecule has 7 heteroatoms. The van der Waals surface area contributed by atoms with E-state index in [0.29, 0.717) is 12.8 Å². The second kappa shape index (κ2) is 12.1. The Morgan fingerprint density at radius 2 is 1.50 bits per heavy atom. The Bertz CT molecular complexity index is 343. The maximum atomic E-state index is 11.0. The second-order valence-corrected chi connectivity index (χ2v) is 5.87. The van der Waals surface area contributed by atoms with E-state index in [0.717, 1.165) is 51.5 Å². The highest BCUT2D eigenvalue weighted by molar-refractivity contribution is 7.80. The van der Waals surface area contributed by atoms with Crippen LogP contribution in [0.4, 0.5) is 0 Å². The number of hydrogen-bond acceptors (Lipinski definition) is 4. The fraction of sp³-hybridized carbons (Fsp3) is 0.923. The molecular formula is C13H27NO5S. The van der Waals surface area contributed by atoms with E-state index in [9.17, 15) is 13.2 Å². The van der Waals surface area contributed by atoms with Crippen molar-refractivity contribution in [2.24, 2.45) is 0 Å². The maximum absolute atomic E-state index is 11.0. The maximum Gasteiger partial charge on any atom is 0.397 e. The molecule has 0 bridgehead atoms. The zero-order chi connectivity index (χ0) is 15.3. The van der Waals surface area contributed by atoms with E-state index in [1.165, 1.54) is 0 Å². The summed E-state index contributed by atoms with van der Waals surface area (Å²) < 4.78 is 33.1. The van der Waals surface area contributed by atoms with Crippen LogP contribution in [0.5, 0.6) is 0 Å². The average molecular weight is 309 g/mol. The molecule has 0 spiro atoms. The minimum absolute atomic E-state index is 0.0515. The SMILES string of the molecule is CCC(=O)NCCCCCCCCCCOS(=O)(=O)O. The van der Waals surface area contributed by atoms with Crippen molar-refractivity contribution in [3.8, 4) is 0 Å². The normalized spacial score (nSPS) is 11.5. The van der Waals surface area contributed by atoms with E-state index in [1.54, 1.807) is 0 Å². The van der Waals surface area contributed by atoms with E-state index < -0.39 is 10.4 Å². The van der Waals surface area contributed by atoms with Gasteiger partial charge in [-0.15, -0.1) is 0 Å². The predicted molar refractivity (Wildman–Crippen MR) is 77.7 cm³/mol. The van der Waals surface area contributed by atoms with Gasteiger partial charge in [0, 0.05) is 13.0 Å². The van der Waals surface area contributed by atoms with Crippen molar-refractivity contribution in [2.75, 3.05) is 13.2 Å². The standard InChI is InChI=1S/C13H27NO5S/c1-2-13(15)14-11-9-7-5-3-4-6-8-10-12-19-20(16,17)18/h2-12H2,1H3,(H,14,15)(H,16,17,18). The monoisotopic (exact) mass is 309 g/mol. The van der Waals surface area contributed by atoms with Gasteiger partial charge in [-0.1, -0.05) is 45.4 Å². The number of amides is 1. The average Bonchev–Trinajstić information content (AvgIpc) is 2.38. The van der Waals surface area contributed by atoms with Crippen LogP contribution in [0.2, 0.25) is 0 Å². The molecule has 0 saturated heterocycles. The molecule has 0 radical (unpaired) electrons. The minimum Gasteiger partial charge on any atom is -0.356 e. The molecule has 0 aromatic rings. The van der Waals surface area contributed by atoms with Gasteiger partial charge in [-0.2, -0.15) is 8.42 Å². The first-order chi connectivity index (χ1) is 9.45. The van der Waals surface area contributed by atoms with E-state index >= 15 is 0 Å². The number of hydrogen-bond donors (Lipinski definition) is 2. The highest BCUT2D eigenvalue weighted by Crippen LogP contribution is 2.08. The summed E-state index contributed by atoms with van der Waals surface area (Å²) in [4.78, 5) is 11.0. The summed E-state index contributed by atoms with van der Waals surface area (Å²) >= 11 is 0. The van der Waals surface area contributed by atoms with Crippen LogP contribution in [-0.4, -0.2) is 32.0 Å².